The molecule has 0 saturated heterocycles. The Labute approximate surface area is 68.8 Å². The number of hydrazine groups is 1. The number of nitrogen functional groups attached to an aromatic ring is 1. The normalized spacial score (nSPS) is 8.67. The highest BCUT2D eigenvalue weighted by Crippen LogP contribution is 2.03. The number of aromatic nitrogens is 1. The van der Waals surface area contributed by atoms with E-state index in [-0.39, 0.29) is 11.1 Å². The van der Waals surface area contributed by atoms with Crippen LogP contribution in [0.3, 0.4) is 0 Å². The van der Waals surface area contributed by atoms with Gasteiger partial charge in [-0.1, -0.05) is 0 Å². The molecular weight excluding hydrogens is 156 g/mol. The first-order valence-corrected chi connectivity index (χ1v) is 3.14. The monoisotopic (exact) mass is 162 g/mol. The molecule has 0 spiro atoms. The lowest BCUT2D eigenvalue weighted by Gasteiger charge is -1.99. The van der Waals surface area contributed by atoms with Gasteiger partial charge in [0.15, 0.2) is 0 Å². The lowest BCUT2D eigenvalue weighted by Crippen LogP contribution is -2.30. The molecule has 0 saturated carbocycles. The summed E-state index contributed by atoms with van der Waals surface area (Å²) in [5.41, 5.74) is 2.38. The van der Waals surface area contributed by atoms with Crippen molar-refractivity contribution in [1.29, 1.82) is 5.26 Å². The number of nitrogens with one attached hydrogen (secondary N) is 1. The summed E-state index contributed by atoms with van der Waals surface area (Å²) in [6.07, 6.45) is 2.73. The van der Waals surface area contributed by atoms with Crippen molar-refractivity contribution < 1.29 is 4.79 Å². The van der Waals surface area contributed by atoms with Gasteiger partial charge in [0.05, 0.1) is 11.1 Å². The maximum Gasteiger partial charge on any atom is 0.266 e. The molecule has 0 aromatic carbocycles. The number of hydrogen-bond donors (Lipinski definition) is 2. The molecule has 0 aliphatic heterocycles. The first-order valence-electron chi connectivity index (χ1n) is 3.14. The molecule has 5 heteroatoms. The van der Waals surface area contributed by atoms with Crippen LogP contribution in [0.1, 0.15) is 15.9 Å². The molecule has 0 aliphatic rings. The van der Waals surface area contributed by atoms with E-state index >= 15 is 0 Å². The molecule has 1 amide bonds. The molecule has 1 rings (SSSR count). The topological polar surface area (TPSA) is 91.8 Å². The van der Waals surface area contributed by atoms with Crippen molar-refractivity contribution >= 4 is 5.91 Å². The fourth-order valence-corrected chi connectivity index (χ4v) is 0.759. The second kappa shape index (κ2) is 3.46. The van der Waals surface area contributed by atoms with Gasteiger partial charge >= 0.3 is 0 Å². The first-order chi connectivity index (χ1) is 5.79. The molecule has 0 atom stereocenters. The van der Waals surface area contributed by atoms with Crippen molar-refractivity contribution in [3.05, 3.63) is 29.6 Å². The Morgan fingerprint density at radius 1 is 1.75 bits per heavy atom. The van der Waals surface area contributed by atoms with Crippen LogP contribution in [0.25, 0.3) is 0 Å². The molecule has 0 fully saturated rings. The highest BCUT2D eigenvalue weighted by Gasteiger charge is 2.08. The molecule has 5 nitrogen and oxygen atoms in total. The van der Waals surface area contributed by atoms with Crippen LogP contribution in [-0.2, 0) is 0 Å². The smallest absolute Gasteiger partial charge is 0.266 e. The fraction of sp³-hybridized carbons (Fsp3) is 0. The Balaban J connectivity index is 3.16. The van der Waals surface area contributed by atoms with Crippen LogP contribution in [0.5, 0.6) is 0 Å². The maximum absolute atomic E-state index is 11.0. The van der Waals surface area contributed by atoms with Crippen molar-refractivity contribution in [2.45, 2.75) is 0 Å². The van der Waals surface area contributed by atoms with Gasteiger partial charge in [0, 0.05) is 12.4 Å². The number of nitrogens with two attached hydrogens (primary N) is 1. The van der Waals surface area contributed by atoms with Crippen molar-refractivity contribution in [2.75, 3.05) is 0 Å². The van der Waals surface area contributed by atoms with Gasteiger partial charge in [-0.2, -0.15) is 5.26 Å². The Bertz CT molecular complexity index is 342. The molecule has 1 aromatic heterocycles. The summed E-state index contributed by atoms with van der Waals surface area (Å²) in [4.78, 5) is 14.7. The lowest BCUT2D eigenvalue weighted by atomic mass is 10.1. The summed E-state index contributed by atoms with van der Waals surface area (Å²) in [6, 6.07) is 3.26. The number of nitriles is 1. The molecule has 60 valence electrons. The number of carbonyl (C=O) groups is 1. The average molecular weight is 162 g/mol. The van der Waals surface area contributed by atoms with E-state index in [1.165, 1.54) is 18.5 Å². The standard InChI is InChI=1S/C7H6N4O/c8-3-5-4-10-2-1-6(5)7(12)11-9/h1-2,4H,9H2,(H,11,12). The Hall–Kier alpha value is -1.93. The first kappa shape index (κ1) is 8.17. The highest BCUT2D eigenvalue weighted by atomic mass is 16.2. The van der Waals surface area contributed by atoms with Gasteiger partial charge in [-0.05, 0) is 6.07 Å². The summed E-state index contributed by atoms with van der Waals surface area (Å²) in [6.45, 7) is 0. The molecule has 3 N–H and O–H groups in total. The lowest BCUT2D eigenvalue weighted by molar-refractivity contribution is 0.0953. The van der Waals surface area contributed by atoms with E-state index in [4.69, 9.17) is 11.1 Å². The fourth-order valence-electron chi connectivity index (χ4n) is 0.759. The highest BCUT2D eigenvalue weighted by molar-refractivity contribution is 5.95. The summed E-state index contributed by atoms with van der Waals surface area (Å²) in [7, 11) is 0. The number of amides is 1. The predicted molar refractivity (Wildman–Crippen MR) is 40.6 cm³/mol. The van der Waals surface area contributed by atoms with E-state index < -0.39 is 5.91 Å². The summed E-state index contributed by atoms with van der Waals surface area (Å²) in [5.74, 6) is 4.41. The minimum absolute atomic E-state index is 0.209. The second-order valence-corrected chi connectivity index (χ2v) is 2.01. The van der Waals surface area contributed by atoms with E-state index in [1.54, 1.807) is 0 Å². The van der Waals surface area contributed by atoms with Crippen molar-refractivity contribution in [3.8, 4) is 6.07 Å². The third kappa shape index (κ3) is 1.38. The molecule has 0 bridgehead atoms. The van der Waals surface area contributed by atoms with E-state index in [1.807, 2.05) is 11.5 Å². The molecule has 0 aliphatic carbocycles. The zero-order chi connectivity index (χ0) is 8.97. The van der Waals surface area contributed by atoms with Crippen molar-refractivity contribution in [2.24, 2.45) is 5.84 Å². The van der Waals surface area contributed by atoms with Crippen molar-refractivity contribution in [1.82, 2.24) is 10.4 Å². The van der Waals surface area contributed by atoms with Gasteiger partial charge in [0.25, 0.3) is 5.91 Å². The molecule has 12 heavy (non-hydrogen) atoms. The van der Waals surface area contributed by atoms with Gasteiger partial charge in [0.2, 0.25) is 0 Å². The van der Waals surface area contributed by atoms with Crippen LogP contribution < -0.4 is 11.3 Å². The van der Waals surface area contributed by atoms with E-state index in [2.05, 4.69) is 4.98 Å². The SMILES string of the molecule is N#Cc1cnccc1C(=O)NN. The number of hydrogen-bond acceptors (Lipinski definition) is 4. The average Bonchev–Trinajstić information content (AvgIpc) is 2.16. The minimum atomic E-state index is -0.492. The summed E-state index contributed by atoms with van der Waals surface area (Å²) in [5, 5.41) is 8.55. The van der Waals surface area contributed by atoms with Gasteiger partial charge in [-0.15, -0.1) is 0 Å². The molecular formula is C7H6N4O. The van der Waals surface area contributed by atoms with Crippen molar-refractivity contribution in [3.63, 3.8) is 0 Å². The van der Waals surface area contributed by atoms with Crippen LogP contribution in [0.4, 0.5) is 0 Å². The van der Waals surface area contributed by atoms with E-state index in [9.17, 15) is 4.79 Å². The number of carbonyl (C=O) groups excluding carboxylic acids is 1. The van der Waals surface area contributed by atoms with Gasteiger partial charge in [0.1, 0.15) is 6.07 Å². The maximum atomic E-state index is 11.0. The minimum Gasteiger partial charge on any atom is -0.290 e. The summed E-state index contributed by atoms with van der Waals surface area (Å²) >= 11 is 0. The van der Waals surface area contributed by atoms with Gasteiger partial charge in [-0.3, -0.25) is 15.2 Å². The summed E-state index contributed by atoms with van der Waals surface area (Å²) < 4.78 is 0. The molecule has 1 aromatic rings. The molecule has 0 radical (unpaired) electrons. The van der Waals surface area contributed by atoms with E-state index in [0.717, 1.165) is 0 Å². The van der Waals surface area contributed by atoms with Gasteiger partial charge in [-0.25, -0.2) is 5.84 Å². The van der Waals surface area contributed by atoms with Crippen LogP contribution in [0, 0.1) is 11.3 Å². The Kier molecular flexibility index (Phi) is 2.35. The number of nitrogens with zero attached hydrogens (tertiary/aromatic N) is 2. The molecule has 0 unspecified atom stereocenters. The number of pyridine rings is 1. The van der Waals surface area contributed by atoms with E-state index in [0.29, 0.717) is 0 Å². The quantitative estimate of drug-likeness (QED) is 0.332. The third-order valence-electron chi connectivity index (χ3n) is 1.32. The Morgan fingerprint density at radius 3 is 3.08 bits per heavy atom. The zero-order valence-electron chi connectivity index (χ0n) is 6.11. The zero-order valence-corrected chi connectivity index (χ0v) is 6.11. The molecule has 1 heterocycles. The largest absolute Gasteiger partial charge is 0.290 e. The van der Waals surface area contributed by atoms with Crippen LogP contribution in [0.15, 0.2) is 18.5 Å². The predicted octanol–water partition coefficient (Wildman–Crippen LogP) is -0.443. The van der Waals surface area contributed by atoms with Crippen LogP contribution in [0.2, 0.25) is 0 Å². The second-order valence-electron chi connectivity index (χ2n) is 2.01. The number of rotatable bonds is 1. The van der Waals surface area contributed by atoms with Crippen LogP contribution >= 0.6 is 0 Å². The Morgan fingerprint density at radius 2 is 2.50 bits per heavy atom. The van der Waals surface area contributed by atoms with Gasteiger partial charge < -0.3 is 0 Å². The van der Waals surface area contributed by atoms with Crippen LogP contribution in [-0.4, -0.2) is 10.9 Å². The third-order valence-corrected chi connectivity index (χ3v) is 1.32.